The minimum absolute atomic E-state index is 0.235. The molecule has 13 heavy (non-hydrogen) atoms. The molecule has 0 heterocycles. The Hall–Kier alpha value is -0.130. The molecule has 0 aromatic rings. The molecule has 1 rings (SSSR count). The highest BCUT2D eigenvalue weighted by Gasteiger charge is 2.25. The fraction of sp³-hybridized carbons (Fsp3) is 1.00. The van der Waals surface area contributed by atoms with Crippen LogP contribution in [-0.4, -0.2) is 38.6 Å². The Kier molecular flexibility index (Phi) is 3.70. The molecule has 0 aromatic heterocycles. The van der Waals surface area contributed by atoms with E-state index in [9.17, 15) is 8.42 Å². The molecular weight excluding hydrogens is 188 g/mol. The van der Waals surface area contributed by atoms with Gasteiger partial charge in [-0.25, -0.2) is 8.42 Å². The molecule has 0 spiro atoms. The van der Waals surface area contributed by atoms with E-state index in [0.29, 0.717) is 18.6 Å². The van der Waals surface area contributed by atoms with E-state index < -0.39 is 9.84 Å². The van der Waals surface area contributed by atoms with Gasteiger partial charge >= 0.3 is 0 Å². The van der Waals surface area contributed by atoms with Crippen molar-refractivity contribution in [2.45, 2.75) is 31.8 Å². The van der Waals surface area contributed by atoms with E-state index >= 15 is 0 Å². The van der Waals surface area contributed by atoms with Crippen molar-refractivity contribution in [2.24, 2.45) is 5.73 Å². The van der Waals surface area contributed by atoms with E-state index in [-0.39, 0.29) is 11.5 Å². The molecule has 0 unspecified atom stereocenters. The molecule has 0 radical (unpaired) electrons. The van der Waals surface area contributed by atoms with Crippen LogP contribution in [0.15, 0.2) is 0 Å². The van der Waals surface area contributed by atoms with E-state index in [1.165, 1.54) is 0 Å². The first-order chi connectivity index (χ1) is 6.03. The largest absolute Gasteiger partial charge is 0.328 e. The van der Waals surface area contributed by atoms with Gasteiger partial charge in [-0.05, 0) is 12.8 Å². The summed E-state index contributed by atoms with van der Waals surface area (Å²) in [6, 6.07) is 0.766. The van der Waals surface area contributed by atoms with E-state index in [1.54, 1.807) is 6.92 Å². The van der Waals surface area contributed by atoms with Crippen LogP contribution in [0.25, 0.3) is 0 Å². The van der Waals surface area contributed by atoms with Crippen molar-refractivity contribution in [3.05, 3.63) is 0 Å². The van der Waals surface area contributed by atoms with Gasteiger partial charge in [-0.2, -0.15) is 0 Å². The molecule has 0 saturated heterocycles. The van der Waals surface area contributed by atoms with Gasteiger partial charge in [0.05, 0.1) is 5.75 Å². The van der Waals surface area contributed by atoms with Gasteiger partial charge in [0, 0.05) is 24.4 Å². The molecule has 1 saturated carbocycles. The van der Waals surface area contributed by atoms with Crippen molar-refractivity contribution < 1.29 is 8.42 Å². The van der Waals surface area contributed by atoms with Crippen molar-refractivity contribution in [3.63, 3.8) is 0 Å². The van der Waals surface area contributed by atoms with Gasteiger partial charge in [-0.1, -0.05) is 6.92 Å². The molecule has 0 amide bonds. The van der Waals surface area contributed by atoms with Gasteiger partial charge in [0.1, 0.15) is 0 Å². The summed E-state index contributed by atoms with van der Waals surface area (Å²) in [6.45, 7) is 2.24. The summed E-state index contributed by atoms with van der Waals surface area (Å²) in [5.74, 6) is 0.480. The molecular formula is C8H18N2O2S. The summed E-state index contributed by atoms with van der Waals surface area (Å²) in [5, 5.41) is 3.18. The number of hydrogen-bond donors (Lipinski definition) is 2. The average Bonchev–Trinajstić information content (AvgIpc) is 2.01. The maximum atomic E-state index is 11.1. The number of nitrogens with one attached hydrogen (secondary N) is 1. The van der Waals surface area contributed by atoms with E-state index in [1.807, 2.05) is 0 Å². The smallest absolute Gasteiger partial charge is 0.151 e. The molecule has 0 aliphatic heterocycles. The Balaban J connectivity index is 2.08. The quantitative estimate of drug-likeness (QED) is 0.636. The lowest BCUT2D eigenvalue weighted by Gasteiger charge is -2.33. The molecule has 1 aliphatic rings. The number of nitrogens with two attached hydrogens (primary N) is 1. The molecule has 0 atom stereocenters. The SMILES string of the molecule is CCS(=O)(=O)CCNC1CC(N)C1. The number of hydrogen-bond acceptors (Lipinski definition) is 4. The minimum Gasteiger partial charge on any atom is -0.328 e. The second kappa shape index (κ2) is 4.39. The topological polar surface area (TPSA) is 72.2 Å². The maximum Gasteiger partial charge on any atom is 0.151 e. The van der Waals surface area contributed by atoms with Crippen LogP contribution >= 0.6 is 0 Å². The lowest BCUT2D eigenvalue weighted by molar-refractivity contribution is 0.297. The highest BCUT2D eigenvalue weighted by Crippen LogP contribution is 2.16. The first-order valence-corrected chi connectivity index (χ1v) is 6.55. The van der Waals surface area contributed by atoms with Crippen LogP contribution in [0.4, 0.5) is 0 Å². The molecule has 0 bridgehead atoms. The van der Waals surface area contributed by atoms with Crippen LogP contribution in [0.3, 0.4) is 0 Å². The van der Waals surface area contributed by atoms with Crippen molar-refractivity contribution in [2.75, 3.05) is 18.1 Å². The molecule has 4 nitrogen and oxygen atoms in total. The lowest BCUT2D eigenvalue weighted by atomic mass is 9.88. The summed E-state index contributed by atoms with van der Waals surface area (Å²) in [5.41, 5.74) is 5.59. The summed E-state index contributed by atoms with van der Waals surface area (Å²) in [6.07, 6.45) is 1.96. The number of sulfone groups is 1. The third kappa shape index (κ3) is 3.62. The Morgan fingerprint density at radius 3 is 2.54 bits per heavy atom. The highest BCUT2D eigenvalue weighted by atomic mass is 32.2. The first kappa shape index (κ1) is 10.9. The fourth-order valence-electron chi connectivity index (χ4n) is 1.39. The summed E-state index contributed by atoms with van der Waals surface area (Å²) < 4.78 is 22.2. The van der Waals surface area contributed by atoms with E-state index in [0.717, 1.165) is 12.8 Å². The van der Waals surface area contributed by atoms with Gasteiger partial charge in [-0.15, -0.1) is 0 Å². The summed E-state index contributed by atoms with van der Waals surface area (Å²) >= 11 is 0. The molecule has 78 valence electrons. The normalized spacial score (nSPS) is 28.5. The Labute approximate surface area is 79.8 Å². The van der Waals surface area contributed by atoms with Gasteiger partial charge < -0.3 is 11.1 Å². The molecule has 3 N–H and O–H groups in total. The van der Waals surface area contributed by atoms with Gasteiger partial charge in [0.25, 0.3) is 0 Å². The Morgan fingerprint density at radius 2 is 2.08 bits per heavy atom. The van der Waals surface area contributed by atoms with Crippen molar-refractivity contribution >= 4 is 9.84 Å². The number of rotatable bonds is 5. The Bertz CT molecular complexity index is 245. The third-order valence-electron chi connectivity index (χ3n) is 2.46. The maximum absolute atomic E-state index is 11.1. The third-order valence-corrected chi connectivity index (χ3v) is 4.17. The standard InChI is InChI=1S/C8H18N2O2S/c1-2-13(11,12)4-3-10-8-5-7(9)6-8/h7-8,10H,2-6,9H2,1H3. The Morgan fingerprint density at radius 1 is 1.46 bits per heavy atom. The molecule has 0 aromatic carbocycles. The molecule has 5 heteroatoms. The monoisotopic (exact) mass is 206 g/mol. The van der Waals surface area contributed by atoms with Gasteiger partial charge in [0.2, 0.25) is 0 Å². The van der Waals surface area contributed by atoms with Crippen molar-refractivity contribution in [3.8, 4) is 0 Å². The van der Waals surface area contributed by atoms with Crippen LogP contribution in [0, 0.1) is 0 Å². The van der Waals surface area contributed by atoms with Crippen LogP contribution < -0.4 is 11.1 Å². The predicted molar refractivity (Wildman–Crippen MR) is 53.3 cm³/mol. The highest BCUT2D eigenvalue weighted by molar-refractivity contribution is 7.91. The first-order valence-electron chi connectivity index (χ1n) is 4.73. The minimum atomic E-state index is -2.81. The zero-order chi connectivity index (χ0) is 9.90. The van der Waals surface area contributed by atoms with Crippen LogP contribution in [0.2, 0.25) is 0 Å². The average molecular weight is 206 g/mol. The second-order valence-corrected chi connectivity index (χ2v) is 6.09. The fourth-order valence-corrected chi connectivity index (χ4v) is 2.11. The van der Waals surface area contributed by atoms with Crippen LogP contribution in [-0.2, 0) is 9.84 Å². The van der Waals surface area contributed by atoms with Crippen LogP contribution in [0.1, 0.15) is 19.8 Å². The van der Waals surface area contributed by atoms with E-state index in [2.05, 4.69) is 5.32 Å². The molecule has 1 fully saturated rings. The predicted octanol–water partition coefficient (Wildman–Crippen LogP) is -0.500. The van der Waals surface area contributed by atoms with Crippen molar-refractivity contribution in [1.29, 1.82) is 0 Å². The second-order valence-electron chi connectivity index (χ2n) is 3.62. The van der Waals surface area contributed by atoms with Crippen molar-refractivity contribution in [1.82, 2.24) is 5.32 Å². The summed E-state index contributed by atoms with van der Waals surface area (Å²) in [7, 11) is -2.81. The zero-order valence-electron chi connectivity index (χ0n) is 7.99. The summed E-state index contributed by atoms with van der Waals surface area (Å²) in [4.78, 5) is 0. The van der Waals surface area contributed by atoms with Gasteiger partial charge in [-0.3, -0.25) is 0 Å². The zero-order valence-corrected chi connectivity index (χ0v) is 8.81. The van der Waals surface area contributed by atoms with Crippen LogP contribution in [0.5, 0.6) is 0 Å². The lowest BCUT2D eigenvalue weighted by Crippen LogP contribution is -2.49. The van der Waals surface area contributed by atoms with E-state index in [4.69, 9.17) is 5.73 Å². The van der Waals surface area contributed by atoms with Gasteiger partial charge in [0.15, 0.2) is 9.84 Å². The molecule has 1 aliphatic carbocycles.